The third kappa shape index (κ3) is 16.7. The molecule has 241 valence electrons. The Morgan fingerprint density at radius 2 is 1.07 bits per heavy atom. The van der Waals surface area contributed by atoms with Crippen molar-refractivity contribution in [2.45, 2.75) is 69.2 Å². The molecule has 44 heavy (non-hydrogen) atoms. The number of hydrogen-bond acceptors (Lipinski definition) is 2. The van der Waals surface area contributed by atoms with Gasteiger partial charge in [-0.1, -0.05) is 92.6 Å². The molecule has 4 aromatic carbocycles. The van der Waals surface area contributed by atoms with Gasteiger partial charge in [0.05, 0.1) is 0 Å². The Labute approximate surface area is 297 Å². The van der Waals surface area contributed by atoms with Gasteiger partial charge in [-0.15, -0.1) is 12.1 Å². The van der Waals surface area contributed by atoms with Crippen molar-refractivity contribution in [3.8, 4) is 11.1 Å². The molecule has 1 radical (unpaired) electrons. The molecule has 0 unspecified atom stereocenters. The molecule has 4 heteroatoms. The molecule has 1 heterocycles. The minimum absolute atomic E-state index is 0. The molecule has 3 nitrogen and oxygen atoms in total. The molecule has 0 amide bonds. The Balaban J connectivity index is -0.000000526. The van der Waals surface area contributed by atoms with Gasteiger partial charge < -0.3 is 4.57 Å². The van der Waals surface area contributed by atoms with Crippen LogP contribution in [0.1, 0.15) is 67.9 Å². The second-order valence-electron chi connectivity index (χ2n) is 9.04. The van der Waals surface area contributed by atoms with E-state index in [4.69, 9.17) is 0 Å². The summed E-state index contributed by atoms with van der Waals surface area (Å²) in [6, 6.07) is 37.3. The topological polar surface area (TPSA) is 11.4 Å². The first-order valence-corrected chi connectivity index (χ1v) is 16.1. The van der Waals surface area contributed by atoms with E-state index in [2.05, 4.69) is 111 Å². The number of rotatable bonds is 4. The maximum atomic E-state index is 3.15. The van der Waals surface area contributed by atoms with Crippen LogP contribution in [0.5, 0.6) is 0 Å². The molecule has 0 bridgehead atoms. The molecule has 0 saturated carbocycles. The first kappa shape index (κ1) is 46.1. The van der Waals surface area contributed by atoms with Crippen molar-refractivity contribution in [2.24, 2.45) is 7.05 Å². The molecule has 1 aromatic heterocycles. The summed E-state index contributed by atoms with van der Waals surface area (Å²) in [4.78, 5) is 4.41. The van der Waals surface area contributed by atoms with Gasteiger partial charge in [-0.05, 0) is 52.3 Å². The van der Waals surface area contributed by atoms with Gasteiger partial charge in [-0.3, -0.25) is 9.80 Å². The van der Waals surface area contributed by atoms with Crippen molar-refractivity contribution < 1.29 is 32.7 Å². The summed E-state index contributed by atoms with van der Waals surface area (Å²) in [6.45, 7) is 22.5. The van der Waals surface area contributed by atoms with Crippen LogP contribution in [-0.4, -0.2) is 48.7 Å². The first-order chi connectivity index (χ1) is 20.9. The maximum absolute atomic E-state index is 3.15. The van der Waals surface area contributed by atoms with Gasteiger partial charge in [0.15, 0.2) is 0 Å². The first-order valence-electron chi connectivity index (χ1n) is 16.1. The summed E-state index contributed by atoms with van der Waals surface area (Å²) in [5.74, 6) is 0. The van der Waals surface area contributed by atoms with Crippen LogP contribution in [0.4, 0.5) is 0 Å². The number of aromatic nitrogens is 1. The Bertz CT molecular complexity index is 1270. The van der Waals surface area contributed by atoms with Gasteiger partial charge in [-0.2, -0.15) is 48.5 Å². The fourth-order valence-electron chi connectivity index (χ4n) is 3.98. The Hall–Kier alpha value is -2.30. The SMILES string of the molecule is CC.CC.CC.CC.CCN(C)CN(C)C.Cc1ccc2c3ccccc3n(C)c2c1.[Y].[c-]1ccccc1-c1[c-]cccc1. The van der Waals surface area contributed by atoms with Gasteiger partial charge in [0.2, 0.25) is 0 Å². The number of para-hydroxylation sites is 1. The van der Waals surface area contributed by atoms with Crippen LogP contribution in [0, 0.1) is 19.1 Å². The summed E-state index contributed by atoms with van der Waals surface area (Å²) in [5.41, 5.74) is 6.12. The fourth-order valence-corrected chi connectivity index (χ4v) is 3.98. The van der Waals surface area contributed by atoms with Crippen LogP contribution in [0.15, 0.2) is 91.0 Å². The van der Waals surface area contributed by atoms with Crippen LogP contribution < -0.4 is 0 Å². The van der Waals surface area contributed by atoms with Crippen molar-refractivity contribution in [1.29, 1.82) is 0 Å². The van der Waals surface area contributed by atoms with E-state index in [1.54, 1.807) is 0 Å². The van der Waals surface area contributed by atoms with Gasteiger partial charge in [0.25, 0.3) is 0 Å². The average Bonchev–Trinajstić information content (AvgIpc) is 3.36. The van der Waals surface area contributed by atoms with Crippen molar-refractivity contribution in [3.63, 3.8) is 0 Å². The van der Waals surface area contributed by atoms with Gasteiger partial charge in [0.1, 0.15) is 0 Å². The molecule has 0 aliphatic heterocycles. The fraction of sp³-hybridized carbons (Fsp3) is 0.400. The number of benzene rings is 4. The van der Waals surface area contributed by atoms with E-state index in [9.17, 15) is 0 Å². The second-order valence-corrected chi connectivity index (χ2v) is 9.04. The third-order valence-corrected chi connectivity index (χ3v) is 5.84. The van der Waals surface area contributed by atoms with E-state index in [1.807, 2.05) is 104 Å². The Morgan fingerprint density at radius 3 is 1.48 bits per heavy atom. The van der Waals surface area contributed by atoms with Crippen molar-refractivity contribution in [3.05, 3.63) is 109 Å². The minimum Gasteiger partial charge on any atom is -0.344 e. The monoisotopic (exact) mass is 672 g/mol. The van der Waals surface area contributed by atoms with Gasteiger partial charge in [0, 0.05) is 68.2 Å². The van der Waals surface area contributed by atoms with Crippen LogP contribution in [0.2, 0.25) is 0 Å². The summed E-state index contributed by atoms with van der Waals surface area (Å²) in [7, 11) is 8.39. The largest absolute Gasteiger partial charge is 0.344 e. The van der Waals surface area contributed by atoms with E-state index >= 15 is 0 Å². The van der Waals surface area contributed by atoms with E-state index in [-0.39, 0.29) is 32.7 Å². The minimum atomic E-state index is 0. The van der Waals surface area contributed by atoms with Gasteiger partial charge in [-0.25, -0.2) is 11.1 Å². The van der Waals surface area contributed by atoms with Crippen molar-refractivity contribution >= 4 is 21.8 Å². The van der Waals surface area contributed by atoms with Gasteiger partial charge >= 0.3 is 0 Å². The maximum Gasteiger partial charge on any atom is 0.0497 e. The van der Waals surface area contributed by atoms with Crippen LogP contribution in [0.3, 0.4) is 0 Å². The molecule has 5 aromatic rings. The summed E-state index contributed by atoms with van der Waals surface area (Å²) >= 11 is 0. The molecule has 0 aliphatic rings. The van der Waals surface area contributed by atoms with Crippen LogP contribution >= 0.6 is 0 Å². The summed E-state index contributed by atoms with van der Waals surface area (Å²) in [6.07, 6.45) is 0. The standard InChI is InChI=1S/C14H13N.C12H8.C6H16N2.4C2H6.Y/c1-10-7-8-12-11-5-3-4-6-13(11)15(2)14(12)9-10;1-3-7-11(8-4-1)12-9-5-2-6-10-12;1-5-8(4)6-7(2)3;4*1-2;/h3-9H,1-2H3;1-7,9H;5-6H2,1-4H3;4*1-2H3;/q;-2;;;;;;. The van der Waals surface area contributed by atoms with E-state index < -0.39 is 0 Å². The normalized spacial score (nSPS) is 9.09. The number of fused-ring (bicyclic) bond motifs is 3. The van der Waals surface area contributed by atoms with E-state index in [0.717, 1.165) is 24.3 Å². The third-order valence-electron chi connectivity index (χ3n) is 5.84. The van der Waals surface area contributed by atoms with E-state index in [0.29, 0.717) is 0 Å². The predicted molar refractivity (Wildman–Crippen MR) is 197 cm³/mol. The van der Waals surface area contributed by atoms with Crippen LogP contribution in [-0.2, 0) is 39.8 Å². The summed E-state index contributed by atoms with van der Waals surface area (Å²) in [5, 5.41) is 2.69. The predicted octanol–water partition coefficient (Wildman–Crippen LogP) is 11.2. The zero-order valence-electron chi connectivity index (χ0n) is 30.5. The second kappa shape index (κ2) is 29.4. The molecule has 0 atom stereocenters. The number of hydrogen-bond donors (Lipinski definition) is 0. The number of nitrogens with zero attached hydrogens (tertiary/aromatic N) is 3. The number of aryl methyl sites for hydroxylation is 2. The van der Waals surface area contributed by atoms with Crippen molar-refractivity contribution in [1.82, 2.24) is 14.4 Å². The van der Waals surface area contributed by atoms with Crippen LogP contribution in [0.25, 0.3) is 32.9 Å². The zero-order valence-corrected chi connectivity index (χ0v) is 33.3. The Kier molecular flexibility index (Phi) is 30.8. The molecule has 0 saturated heterocycles. The average molecular weight is 673 g/mol. The quantitative estimate of drug-likeness (QED) is 0.139. The molecule has 5 rings (SSSR count). The summed E-state index contributed by atoms with van der Waals surface area (Å²) < 4.78 is 2.26. The van der Waals surface area contributed by atoms with E-state index in [1.165, 1.54) is 27.4 Å². The molecule has 0 fully saturated rings. The molecular formula is C40H61N3Y-2. The Morgan fingerprint density at radius 1 is 0.614 bits per heavy atom. The molecule has 0 spiro atoms. The molecule has 0 N–H and O–H groups in total. The zero-order chi connectivity index (χ0) is 33.2. The smallest absolute Gasteiger partial charge is 0.0497 e. The van der Waals surface area contributed by atoms with Crippen molar-refractivity contribution in [2.75, 3.05) is 34.4 Å². The molecule has 0 aliphatic carbocycles. The molecular weight excluding hydrogens is 611 g/mol.